The van der Waals surface area contributed by atoms with Crippen LogP contribution >= 0.6 is 0 Å². The number of carbonyl (C=O) groups excluding carboxylic acids is 6. The van der Waals surface area contributed by atoms with E-state index in [1.54, 1.807) is 13.8 Å². The SMILES string of the molecule is CC(C)C[C@H](NC(=O)[C@@H](NC(=O)CNC(=O)[C@@H]1CCCN1C(=O)[C@@H](N)CCC(=O)O)[C@@H](C)O)C(=O)N[C@H](C(=O)N[C@@H](CCC(=O)O)C(=O)O)[C@@H](C)O. The third-order valence-corrected chi connectivity index (χ3v) is 7.99. The number of amides is 6. The van der Waals surface area contributed by atoms with Crippen molar-refractivity contribution in [3.8, 4) is 0 Å². The fraction of sp³-hybridized carbons (Fsp3) is 0.710. The highest BCUT2D eigenvalue weighted by Crippen LogP contribution is 2.19. The molecule has 21 heteroatoms. The average molecular weight is 746 g/mol. The minimum absolute atomic E-state index is 0.0325. The van der Waals surface area contributed by atoms with Gasteiger partial charge < -0.3 is 62.8 Å². The molecule has 0 aromatic carbocycles. The molecule has 1 rings (SSSR count). The highest BCUT2D eigenvalue weighted by molar-refractivity contribution is 5.96. The van der Waals surface area contributed by atoms with Crippen molar-refractivity contribution >= 4 is 53.4 Å². The van der Waals surface area contributed by atoms with Gasteiger partial charge >= 0.3 is 17.9 Å². The van der Waals surface area contributed by atoms with Crippen LogP contribution in [0.15, 0.2) is 0 Å². The fourth-order valence-electron chi connectivity index (χ4n) is 5.24. The number of hydrogen-bond acceptors (Lipinski definition) is 12. The second kappa shape index (κ2) is 21.5. The van der Waals surface area contributed by atoms with Crippen LogP contribution in [0, 0.1) is 5.92 Å². The van der Waals surface area contributed by atoms with Gasteiger partial charge in [0.15, 0.2) is 0 Å². The molecule has 1 saturated heterocycles. The van der Waals surface area contributed by atoms with E-state index in [1.807, 2.05) is 0 Å². The Balaban J connectivity index is 2.95. The van der Waals surface area contributed by atoms with Crippen molar-refractivity contribution in [2.75, 3.05) is 13.1 Å². The van der Waals surface area contributed by atoms with Crippen LogP contribution in [0.1, 0.15) is 72.6 Å². The van der Waals surface area contributed by atoms with Gasteiger partial charge in [0, 0.05) is 19.4 Å². The number of nitrogens with two attached hydrogens (primary N) is 1. The average Bonchev–Trinajstić information content (AvgIpc) is 3.54. The summed E-state index contributed by atoms with van der Waals surface area (Å²) >= 11 is 0. The maximum Gasteiger partial charge on any atom is 0.326 e. The molecule has 1 heterocycles. The number of nitrogens with zero attached hydrogens (tertiary/aromatic N) is 1. The van der Waals surface area contributed by atoms with Crippen LogP contribution in [0.4, 0.5) is 0 Å². The van der Waals surface area contributed by atoms with Crippen molar-refractivity contribution in [3.63, 3.8) is 0 Å². The van der Waals surface area contributed by atoms with E-state index in [2.05, 4.69) is 26.6 Å². The number of aliphatic hydroxyl groups is 2. The van der Waals surface area contributed by atoms with Crippen LogP contribution in [0.5, 0.6) is 0 Å². The largest absolute Gasteiger partial charge is 0.481 e. The standard InChI is InChI=1S/C31H51N7O14/c1-14(2)12-19(26(46)37-25(16(4)40)29(49)34-18(31(51)52)8-10-23(44)45)35-28(48)24(15(3)39)36-21(41)13-33-27(47)20-6-5-11-38(20)30(50)17(32)7-9-22(42)43/h14-20,24-25,39-40H,5-13,32H2,1-4H3,(H,33,47)(H,34,49)(H,35,48)(H,36,41)(H,37,46)(H,42,43)(H,44,45)(H,51,52)/t15-,16-,17+,18+,19+,20+,24+,25+/m1/s1. The van der Waals surface area contributed by atoms with E-state index in [-0.39, 0.29) is 38.1 Å². The zero-order valence-corrected chi connectivity index (χ0v) is 29.5. The van der Waals surface area contributed by atoms with E-state index in [1.165, 1.54) is 11.8 Å². The Hall–Kier alpha value is -4.89. The van der Waals surface area contributed by atoms with Crippen LogP contribution < -0.4 is 32.3 Å². The predicted molar refractivity (Wildman–Crippen MR) is 178 cm³/mol. The summed E-state index contributed by atoms with van der Waals surface area (Å²) in [5.74, 6) is -9.64. The Bertz CT molecular complexity index is 1320. The third-order valence-electron chi connectivity index (χ3n) is 7.99. The van der Waals surface area contributed by atoms with Crippen molar-refractivity contribution in [2.24, 2.45) is 11.7 Å². The van der Waals surface area contributed by atoms with E-state index in [4.69, 9.17) is 15.9 Å². The van der Waals surface area contributed by atoms with E-state index < -0.39 is 121 Å². The summed E-state index contributed by atoms with van der Waals surface area (Å²) in [6.07, 6.45) is -3.97. The van der Waals surface area contributed by atoms with Crippen LogP contribution in [0.25, 0.3) is 0 Å². The van der Waals surface area contributed by atoms with Crippen molar-refractivity contribution in [2.45, 2.75) is 121 Å². The van der Waals surface area contributed by atoms with Crippen LogP contribution in [0.2, 0.25) is 0 Å². The highest BCUT2D eigenvalue weighted by Gasteiger charge is 2.37. The van der Waals surface area contributed by atoms with E-state index in [0.29, 0.717) is 6.42 Å². The Kier molecular flexibility index (Phi) is 18.6. The first-order chi connectivity index (χ1) is 24.2. The summed E-state index contributed by atoms with van der Waals surface area (Å²) in [6, 6.07) is -8.54. The number of aliphatic hydroxyl groups excluding tert-OH is 2. The summed E-state index contributed by atoms with van der Waals surface area (Å²) in [7, 11) is 0. The lowest BCUT2D eigenvalue weighted by Gasteiger charge is -2.28. The Labute approximate surface area is 299 Å². The molecule has 294 valence electrons. The van der Waals surface area contributed by atoms with Crippen LogP contribution in [-0.2, 0) is 43.2 Å². The van der Waals surface area contributed by atoms with Gasteiger partial charge in [0.05, 0.1) is 24.8 Å². The van der Waals surface area contributed by atoms with Crippen LogP contribution in [-0.4, -0.2) is 145 Å². The molecule has 12 N–H and O–H groups in total. The summed E-state index contributed by atoms with van der Waals surface area (Å²) in [5, 5.41) is 58.9. The topological polar surface area (TPSA) is 344 Å². The molecule has 0 radical (unpaired) electrons. The van der Waals surface area contributed by atoms with Gasteiger partial charge in [-0.05, 0) is 51.9 Å². The molecular weight excluding hydrogens is 694 g/mol. The molecule has 1 fully saturated rings. The first-order valence-corrected chi connectivity index (χ1v) is 16.7. The maximum absolute atomic E-state index is 13.3. The lowest BCUT2D eigenvalue weighted by molar-refractivity contribution is -0.144. The van der Waals surface area contributed by atoms with Gasteiger partial charge in [0.25, 0.3) is 0 Å². The molecule has 0 bridgehead atoms. The van der Waals surface area contributed by atoms with Gasteiger partial charge in [0.2, 0.25) is 35.4 Å². The third kappa shape index (κ3) is 15.2. The molecule has 0 aliphatic carbocycles. The zero-order valence-electron chi connectivity index (χ0n) is 29.5. The number of aliphatic carboxylic acids is 3. The molecule has 0 spiro atoms. The predicted octanol–water partition coefficient (Wildman–Crippen LogP) is -4.02. The quantitative estimate of drug-likeness (QED) is 0.0503. The molecular formula is C31H51N7O14. The monoisotopic (exact) mass is 745 g/mol. The highest BCUT2D eigenvalue weighted by atomic mass is 16.4. The normalized spacial score (nSPS) is 18.1. The first kappa shape index (κ1) is 45.1. The lowest BCUT2D eigenvalue weighted by atomic mass is 10.0. The molecule has 1 aliphatic heterocycles. The summed E-state index contributed by atoms with van der Waals surface area (Å²) in [6.45, 7) is 5.22. The van der Waals surface area contributed by atoms with Gasteiger partial charge in [-0.15, -0.1) is 0 Å². The molecule has 52 heavy (non-hydrogen) atoms. The molecule has 8 atom stereocenters. The number of carboxylic acid groups (broad SMARTS) is 3. The number of carboxylic acids is 3. The number of likely N-dealkylation sites (tertiary alicyclic amines) is 1. The minimum atomic E-state index is -1.73. The molecule has 0 unspecified atom stereocenters. The summed E-state index contributed by atoms with van der Waals surface area (Å²) in [4.78, 5) is 112. The maximum atomic E-state index is 13.3. The number of carbonyl (C=O) groups is 9. The number of rotatable bonds is 22. The van der Waals surface area contributed by atoms with E-state index in [9.17, 15) is 58.5 Å². The summed E-state index contributed by atoms with van der Waals surface area (Å²) in [5.41, 5.74) is 5.81. The Morgan fingerprint density at radius 1 is 0.731 bits per heavy atom. The van der Waals surface area contributed by atoms with Gasteiger partial charge in [-0.25, -0.2) is 4.79 Å². The van der Waals surface area contributed by atoms with E-state index >= 15 is 0 Å². The molecule has 6 amide bonds. The first-order valence-electron chi connectivity index (χ1n) is 16.7. The number of nitrogens with one attached hydrogen (secondary N) is 5. The molecule has 0 aromatic heterocycles. The van der Waals surface area contributed by atoms with Gasteiger partial charge in [0.1, 0.15) is 30.2 Å². The second-order valence-electron chi connectivity index (χ2n) is 13.0. The molecule has 21 nitrogen and oxygen atoms in total. The van der Waals surface area contributed by atoms with Crippen LogP contribution in [0.3, 0.4) is 0 Å². The van der Waals surface area contributed by atoms with E-state index in [0.717, 1.165) is 6.92 Å². The smallest absolute Gasteiger partial charge is 0.326 e. The van der Waals surface area contributed by atoms with Crippen molar-refractivity contribution in [3.05, 3.63) is 0 Å². The molecule has 1 aliphatic rings. The lowest BCUT2D eigenvalue weighted by Crippen LogP contribution is -2.61. The fourth-order valence-corrected chi connectivity index (χ4v) is 5.24. The van der Waals surface area contributed by atoms with Gasteiger partial charge in [-0.2, -0.15) is 0 Å². The van der Waals surface area contributed by atoms with Crippen molar-refractivity contribution in [1.29, 1.82) is 0 Å². The van der Waals surface area contributed by atoms with Crippen molar-refractivity contribution in [1.82, 2.24) is 31.5 Å². The Morgan fingerprint density at radius 3 is 1.75 bits per heavy atom. The summed E-state index contributed by atoms with van der Waals surface area (Å²) < 4.78 is 0. The van der Waals surface area contributed by atoms with Gasteiger partial charge in [-0.1, -0.05) is 13.8 Å². The minimum Gasteiger partial charge on any atom is -0.481 e. The van der Waals surface area contributed by atoms with Gasteiger partial charge in [-0.3, -0.25) is 38.4 Å². The van der Waals surface area contributed by atoms with Crippen molar-refractivity contribution < 1.29 is 68.7 Å². The number of hydrogen-bond donors (Lipinski definition) is 11. The second-order valence-corrected chi connectivity index (χ2v) is 13.0. The zero-order chi connectivity index (χ0) is 39.9. The molecule has 0 aromatic rings. The molecule has 0 saturated carbocycles. The Morgan fingerprint density at radius 2 is 1.25 bits per heavy atom.